The molecule has 1 aromatic heterocycles. The van der Waals surface area contributed by atoms with Crippen LogP contribution in [-0.4, -0.2) is 33.9 Å². The second kappa shape index (κ2) is 8.78. The van der Waals surface area contributed by atoms with Gasteiger partial charge in [-0.3, -0.25) is 4.79 Å². The molecule has 0 saturated carbocycles. The van der Waals surface area contributed by atoms with Gasteiger partial charge in [-0.15, -0.1) is 0 Å². The van der Waals surface area contributed by atoms with E-state index >= 15 is 0 Å². The molecule has 0 aliphatic rings. The van der Waals surface area contributed by atoms with Crippen molar-refractivity contribution < 1.29 is 4.79 Å². The molecule has 140 valence electrons. The highest BCUT2D eigenvalue weighted by molar-refractivity contribution is 5.93. The van der Waals surface area contributed by atoms with Gasteiger partial charge >= 0.3 is 0 Å². The van der Waals surface area contributed by atoms with Gasteiger partial charge in [-0.25, -0.2) is 9.97 Å². The second-order valence-corrected chi connectivity index (χ2v) is 6.12. The van der Waals surface area contributed by atoms with Crippen LogP contribution in [0.15, 0.2) is 60.7 Å². The number of nitrogens with zero attached hydrogens (tertiary/aromatic N) is 4. The topological polar surface area (TPSA) is 81.9 Å². The van der Waals surface area contributed by atoms with E-state index < -0.39 is 0 Å². The van der Waals surface area contributed by atoms with E-state index in [0.717, 1.165) is 11.3 Å². The number of hydrogen-bond acceptors (Lipinski definition) is 5. The molecule has 3 rings (SSSR count). The van der Waals surface area contributed by atoms with Crippen molar-refractivity contribution in [1.82, 2.24) is 14.9 Å². The zero-order chi connectivity index (χ0) is 19.9. The number of aromatic nitrogens is 2. The molecule has 1 heterocycles. The van der Waals surface area contributed by atoms with Crippen LogP contribution in [0.25, 0.3) is 11.4 Å². The maximum atomic E-state index is 12.9. The Hall–Kier alpha value is -3.72. The van der Waals surface area contributed by atoms with E-state index in [0.29, 0.717) is 36.0 Å². The summed E-state index contributed by atoms with van der Waals surface area (Å²) in [5.74, 6) is 0.829. The summed E-state index contributed by atoms with van der Waals surface area (Å²) in [5, 5.41) is 12.3. The predicted molar refractivity (Wildman–Crippen MR) is 109 cm³/mol. The first kappa shape index (κ1) is 19.1. The first-order valence-electron chi connectivity index (χ1n) is 9.15. The molecule has 0 aliphatic carbocycles. The van der Waals surface area contributed by atoms with Crippen molar-refractivity contribution in [3.63, 3.8) is 0 Å². The monoisotopic (exact) mass is 371 g/mol. The van der Waals surface area contributed by atoms with Crippen molar-refractivity contribution in [2.45, 2.75) is 13.8 Å². The molecule has 0 bridgehead atoms. The Bertz CT molecular complexity index is 1010. The van der Waals surface area contributed by atoms with Crippen molar-refractivity contribution in [1.29, 1.82) is 5.26 Å². The SMILES string of the molecule is CCN(CC)C(=O)c1cc(Nc2cccc(C#N)c2)nc(-c2ccccc2)n1. The van der Waals surface area contributed by atoms with E-state index in [1.54, 1.807) is 29.2 Å². The lowest BCUT2D eigenvalue weighted by Crippen LogP contribution is -2.31. The molecule has 0 radical (unpaired) electrons. The molecule has 6 nitrogen and oxygen atoms in total. The molecule has 28 heavy (non-hydrogen) atoms. The molecule has 0 unspecified atom stereocenters. The zero-order valence-corrected chi connectivity index (χ0v) is 15.9. The van der Waals surface area contributed by atoms with E-state index in [9.17, 15) is 4.79 Å². The van der Waals surface area contributed by atoms with Gasteiger partial charge in [0.2, 0.25) is 0 Å². The molecule has 0 saturated heterocycles. The van der Waals surface area contributed by atoms with Crippen molar-refractivity contribution >= 4 is 17.4 Å². The third-order valence-corrected chi connectivity index (χ3v) is 4.29. The molecule has 0 fully saturated rings. The van der Waals surface area contributed by atoms with Gasteiger partial charge in [0, 0.05) is 30.4 Å². The number of benzene rings is 2. The first-order valence-corrected chi connectivity index (χ1v) is 9.15. The molecule has 1 N–H and O–H groups in total. The van der Waals surface area contributed by atoms with Gasteiger partial charge in [-0.2, -0.15) is 5.26 Å². The Labute approximate surface area is 164 Å². The average molecular weight is 371 g/mol. The largest absolute Gasteiger partial charge is 0.340 e. The van der Waals surface area contributed by atoms with Crippen molar-refractivity contribution in [2.24, 2.45) is 0 Å². The molecule has 2 aromatic carbocycles. The summed E-state index contributed by atoms with van der Waals surface area (Å²) in [6.07, 6.45) is 0. The van der Waals surface area contributed by atoms with E-state index in [1.165, 1.54) is 0 Å². The third kappa shape index (κ3) is 4.33. The van der Waals surface area contributed by atoms with Crippen LogP contribution >= 0.6 is 0 Å². The maximum absolute atomic E-state index is 12.9. The lowest BCUT2D eigenvalue weighted by Gasteiger charge is -2.19. The van der Waals surface area contributed by atoms with Crippen LogP contribution in [0.4, 0.5) is 11.5 Å². The number of nitrogens with one attached hydrogen (secondary N) is 1. The van der Waals surface area contributed by atoms with E-state index in [-0.39, 0.29) is 5.91 Å². The summed E-state index contributed by atoms with van der Waals surface area (Å²) in [4.78, 5) is 23.7. The minimum absolute atomic E-state index is 0.140. The zero-order valence-electron chi connectivity index (χ0n) is 15.9. The minimum atomic E-state index is -0.140. The van der Waals surface area contributed by atoms with Crippen molar-refractivity contribution in [3.05, 3.63) is 71.9 Å². The summed E-state index contributed by atoms with van der Waals surface area (Å²) in [6.45, 7) is 5.08. The fourth-order valence-corrected chi connectivity index (χ4v) is 2.82. The van der Waals surface area contributed by atoms with Gasteiger partial charge in [0.15, 0.2) is 5.82 Å². The normalized spacial score (nSPS) is 10.2. The summed E-state index contributed by atoms with van der Waals surface area (Å²) in [7, 11) is 0. The summed E-state index contributed by atoms with van der Waals surface area (Å²) in [5.41, 5.74) is 2.42. The van der Waals surface area contributed by atoms with Gasteiger partial charge in [0.05, 0.1) is 11.6 Å². The minimum Gasteiger partial charge on any atom is -0.340 e. The number of rotatable bonds is 6. The molecule has 0 spiro atoms. The Morgan fingerprint density at radius 2 is 1.79 bits per heavy atom. The molecular weight excluding hydrogens is 350 g/mol. The fourth-order valence-electron chi connectivity index (χ4n) is 2.82. The van der Waals surface area contributed by atoms with Gasteiger partial charge in [-0.1, -0.05) is 36.4 Å². The van der Waals surface area contributed by atoms with Crippen LogP contribution in [0.2, 0.25) is 0 Å². The number of hydrogen-bond donors (Lipinski definition) is 1. The van der Waals surface area contributed by atoms with E-state index in [1.807, 2.05) is 50.2 Å². The fraction of sp³-hybridized carbons (Fsp3) is 0.182. The number of amides is 1. The van der Waals surface area contributed by atoms with Crippen LogP contribution in [0, 0.1) is 11.3 Å². The second-order valence-electron chi connectivity index (χ2n) is 6.12. The number of anilines is 2. The van der Waals surface area contributed by atoms with Crippen molar-refractivity contribution in [2.75, 3.05) is 18.4 Å². The lowest BCUT2D eigenvalue weighted by atomic mass is 10.2. The van der Waals surface area contributed by atoms with Crippen LogP contribution in [0.5, 0.6) is 0 Å². The van der Waals surface area contributed by atoms with Gasteiger partial charge in [0.25, 0.3) is 5.91 Å². The van der Waals surface area contributed by atoms with E-state index in [2.05, 4.69) is 21.4 Å². The Kier molecular flexibility index (Phi) is 5.97. The van der Waals surface area contributed by atoms with Crippen molar-refractivity contribution in [3.8, 4) is 17.5 Å². The quantitative estimate of drug-likeness (QED) is 0.701. The molecule has 6 heteroatoms. The molecule has 0 aliphatic heterocycles. The lowest BCUT2D eigenvalue weighted by molar-refractivity contribution is 0.0767. The van der Waals surface area contributed by atoms with Gasteiger partial charge in [0.1, 0.15) is 11.5 Å². The number of carbonyl (C=O) groups is 1. The Morgan fingerprint density at radius 1 is 1.04 bits per heavy atom. The number of carbonyl (C=O) groups excluding carboxylic acids is 1. The van der Waals surface area contributed by atoms with Gasteiger partial charge in [-0.05, 0) is 32.0 Å². The number of nitriles is 1. The first-order chi connectivity index (χ1) is 13.6. The Balaban J connectivity index is 2.04. The smallest absolute Gasteiger partial charge is 0.272 e. The van der Waals surface area contributed by atoms with Gasteiger partial charge < -0.3 is 10.2 Å². The third-order valence-electron chi connectivity index (χ3n) is 4.29. The molecule has 3 aromatic rings. The summed E-state index contributed by atoms with van der Waals surface area (Å²) in [6, 6.07) is 20.4. The predicted octanol–water partition coefficient (Wildman–Crippen LogP) is 4.24. The average Bonchev–Trinajstić information content (AvgIpc) is 2.75. The van der Waals surface area contributed by atoms with Crippen LogP contribution in [0.1, 0.15) is 29.9 Å². The molecule has 1 amide bonds. The maximum Gasteiger partial charge on any atom is 0.272 e. The van der Waals surface area contributed by atoms with Crippen LogP contribution in [0.3, 0.4) is 0 Å². The highest BCUT2D eigenvalue weighted by Crippen LogP contribution is 2.22. The molecule has 0 atom stereocenters. The standard InChI is InChI=1S/C22H21N5O/c1-3-27(4-2)22(28)19-14-20(24-18-12-8-9-16(13-18)15-23)26-21(25-19)17-10-6-5-7-11-17/h5-14H,3-4H2,1-2H3,(H,24,25,26). The van der Waals surface area contributed by atoms with Crippen LogP contribution < -0.4 is 5.32 Å². The van der Waals surface area contributed by atoms with Crippen LogP contribution in [-0.2, 0) is 0 Å². The Morgan fingerprint density at radius 3 is 2.46 bits per heavy atom. The summed E-state index contributed by atoms with van der Waals surface area (Å²) < 4.78 is 0. The highest BCUT2D eigenvalue weighted by atomic mass is 16.2. The summed E-state index contributed by atoms with van der Waals surface area (Å²) >= 11 is 0. The molecular formula is C22H21N5O. The highest BCUT2D eigenvalue weighted by Gasteiger charge is 2.17. The van der Waals surface area contributed by atoms with E-state index in [4.69, 9.17) is 5.26 Å².